The normalized spacial score (nSPS) is 17.4. The van der Waals surface area contributed by atoms with E-state index in [0.29, 0.717) is 33.7 Å². The largest absolute Gasteiger partial charge is 0.481 e. The average molecular weight is 491 g/mol. The summed E-state index contributed by atoms with van der Waals surface area (Å²) < 4.78 is 0. The van der Waals surface area contributed by atoms with Crippen molar-refractivity contribution in [1.82, 2.24) is 0 Å². The molecule has 1 aromatic rings. The Morgan fingerprint density at radius 1 is 1.27 bits per heavy atom. The highest BCUT2D eigenvalue weighted by Gasteiger charge is 2.30. The van der Waals surface area contributed by atoms with E-state index in [-0.39, 0.29) is 18.3 Å². The summed E-state index contributed by atoms with van der Waals surface area (Å²) >= 11 is 15.2. The van der Waals surface area contributed by atoms with Gasteiger partial charge in [0.25, 0.3) is 0 Å². The van der Waals surface area contributed by atoms with Gasteiger partial charge in [0.2, 0.25) is 0 Å². The maximum absolute atomic E-state index is 11.4. The first-order valence-corrected chi connectivity index (χ1v) is 11.5. The number of azide groups is 1. The molecule has 0 fully saturated rings. The second-order valence-corrected chi connectivity index (χ2v) is 9.20. The summed E-state index contributed by atoms with van der Waals surface area (Å²) in [5, 5.41) is 27.2. The van der Waals surface area contributed by atoms with Crippen molar-refractivity contribution in [2.75, 3.05) is 19.8 Å². The Balaban J connectivity index is 2.14. The van der Waals surface area contributed by atoms with E-state index in [1.165, 1.54) is 29.7 Å². The van der Waals surface area contributed by atoms with Crippen molar-refractivity contribution in [2.45, 2.75) is 40.7 Å². The highest BCUT2D eigenvalue weighted by Crippen LogP contribution is 2.53. The Morgan fingerprint density at radius 2 is 2.00 bits per heavy atom. The monoisotopic (exact) mass is 490 g/mol. The number of nitrogens with zero attached hydrogens (tertiary/aromatic N) is 4. The summed E-state index contributed by atoms with van der Waals surface area (Å²) in [6.07, 6.45) is 3.43. The van der Waals surface area contributed by atoms with Gasteiger partial charge >= 0.3 is 5.97 Å². The van der Waals surface area contributed by atoms with E-state index < -0.39 is 5.97 Å². The lowest BCUT2D eigenvalue weighted by atomic mass is 10.1. The fourth-order valence-corrected chi connectivity index (χ4v) is 5.87. The van der Waals surface area contributed by atoms with Gasteiger partial charge in [0.1, 0.15) is 6.61 Å². The minimum Gasteiger partial charge on any atom is -0.481 e. The number of hydrogen-bond donors (Lipinski definition) is 2. The van der Waals surface area contributed by atoms with E-state index in [9.17, 15) is 15.0 Å². The highest BCUT2D eigenvalue weighted by atomic mass is 35.5. The molecular weight excluding hydrogens is 471 g/mol. The van der Waals surface area contributed by atoms with Crippen LogP contribution in [0.1, 0.15) is 25.7 Å². The summed E-state index contributed by atoms with van der Waals surface area (Å²) in [6, 6.07) is 3.38. The molecule has 8 nitrogen and oxygen atoms in total. The molecule has 0 aliphatic carbocycles. The standard InChI is InChI=1S/C18H20Cl2N4O4S2/c19-12-4-5-13(20)18-17(12)29-14(10-25)16(30-18)11(8-15(26)27)9-23-28-7-3-1-2-6-22-24-21/h4-5,9,14,25H,1-3,6-8,10H2,(H,26,27)/b16-11-,23-9+. The van der Waals surface area contributed by atoms with Crippen LogP contribution in [-0.2, 0) is 9.63 Å². The average Bonchev–Trinajstić information content (AvgIpc) is 2.73. The molecule has 1 unspecified atom stereocenters. The van der Waals surface area contributed by atoms with Crippen molar-refractivity contribution in [3.63, 3.8) is 0 Å². The van der Waals surface area contributed by atoms with E-state index in [1.54, 1.807) is 12.1 Å². The van der Waals surface area contributed by atoms with Crippen LogP contribution in [0.15, 0.2) is 42.7 Å². The number of hydrogen-bond acceptors (Lipinski definition) is 7. The van der Waals surface area contributed by atoms with Crippen LogP contribution < -0.4 is 0 Å². The zero-order valence-electron chi connectivity index (χ0n) is 15.8. The molecule has 0 bridgehead atoms. The fourth-order valence-electron chi connectivity index (χ4n) is 2.57. The maximum Gasteiger partial charge on any atom is 0.307 e. The number of carbonyl (C=O) groups is 1. The van der Waals surface area contributed by atoms with Gasteiger partial charge in [-0.05, 0) is 42.5 Å². The zero-order chi connectivity index (χ0) is 21.9. The van der Waals surface area contributed by atoms with Crippen molar-refractivity contribution in [3.8, 4) is 0 Å². The van der Waals surface area contributed by atoms with Gasteiger partial charge in [-0.2, -0.15) is 0 Å². The highest BCUT2D eigenvalue weighted by molar-refractivity contribution is 8.09. The molecule has 0 aromatic heterocycles. The number of unbranched alkanes of at least 4 members (excludes halogenated alkanes) is 2. The lowest BCUT2D eigenvalue weighted by Gasteiger charge is -2.28. The molecule has 1 aliphatic rings. The molecule has 1 aromatic carbocycles. The molecule has 1 aliphatic heterocycles. The Hall–Kier alpha value is -1.55. The van der Waals surface area contributed by atoms with E-state index in [0.717, 1.165) is 29.1 Å². The van der Waals surface area contributed by atoms with Gasteiger partial charge in [-0.25, -0.2) is 0 Å². The SMILES string of the molecule is [N-]=[N+]=NCCCCCO/N=C/C(CC(=O)O)=C1\Sc2c(Cl)ccc(Cl)c2SC1CO. The lowest BCUT2D eigenvalue weighted by molar-refractivity contribution is -0.136. The van der Waals surface area contributed by atoms with Crippen LogP contribution in [0.5, 0.6) is 0 Å². The van der Waals surface area contributed by atoms with Crippen molar-refractivity contribution in [2.24, 2.45) is 10.3 Å². The van der Waals surface area contributed by atoms with E-state index in [4.69, 9.17) is 33.6 Å². The molecule has 0 saturated carbocycles. The summed E-state index contributed by atoms with van der Waals surface area (Å²) in [5.41, 5.74) is 8.65. The molecule has 1 heterocycles. The summed E-state index contributed by atoms with van der Waals surface area (Å²) in [7, 11) is 0. The molecule has 0 amide bonds. The number of aliphatic hydroxyl groups excluding tert-OH is 1. The number of aliphatic carboxylic acids is 1. The second kappa shape index (κ2) is 13.0. The van der Waals surface area contributed by atoms with Crippen LogP contribution in [0.3, 0.4) is 0 Å². The number of carboxylic acid groups (broad SMARTS) is 1. The van der Waals surface area contributed by atoms with Gasteiger partial charge in [0.05, 0.1) is 34.5 Å². The summed E-state index contributed by atoms with van der Waals surface area (Å²) in [5.74, 6) is -1.02. The first-order chi connectivity index (χ1) is 14.5. The minimum atomic E-state index is -1.02. The number of benzene rings is 1. The molecule has 162 valence electrons. The Bertz CT molecular complexity index is 876. The smallest absolute Gasteiger partial charge is 0.307 e. The van der Waals surface area contributed by atoms with Crippen molar-refractivity contribution in [1.29, 1.82) is 0 Å². The number of fused-ring (bicyclic) bond motifs is 1. The van der Waals surface area contributed by atoms with Crippen LogP contribution in [0.2, 0.25) is 10.0 Å². The van der Waals surface area contributed by atoms with Gasteiger partial charge < -0.3 is 15.1 Å². The quantitative estimate of drug-likeness (QED) is 0.101. The number of oxime groups is 1. The van der Waals surface area contributed by atoms with Gasteiger partial charge in [-0.15, -0.1) is 11.8 Å². The molecule has 0 saturated heterocycles. The van der Waals surface area contributed by atoms with Crippen molar-refractivity contribution < 1.29 is 19.8 Å². The third kappa shape index (κ3) is 7.30. The Labute approximate surface area is 192 Å². The maximum atomic E-state index is 11.4. The molecular formula is C18H20Cl2N4O4S2. The molecule has 2 rings (SSSR count). The fraction of sp³-hybridized carbons (Fsp3) is 0.444. The molecule has 30 heavy (non-hydrogen) atoms. The topological polar surface area (TPSA) is 128 Å². The second-order valence-electron chi connectivity index (χ2n) is 6.12. The Morgan fingerprint density at radius 3 is 2.67 bits per heavy atom. The third-order valence-electron chi connectivity index (χ3n) is 3.94. The number of rotatable bonds is 11. The van der Waals surface area contributed by atoms with Crippen LogP contribution in [0, 0.1) is 0 Å². The first kappa shape index (κ1) is 24.7. The third-order valence-corrected chi connectivity index (χ3v) is 7.80. The number of halogens is 2. The number of carboxylic acids is 1. The zero-order valence-corrected chi connectivity index (χ0v) is 19.0. The molecule has 1 atom stereocenters. The van der Waals surface area contributed by atoms with Gasteiger partial charge in [0.15, 0.2) is 0 Å². The van der Waals surface area contributed by atoms with E-state index in [1.807, 2.05) is 0 Å². The molecule has 0 radical (unpaired) electrons. The van der Waals surface area contributed by atoms with Crippen LogP contribution in [0.25, 0.3) is 10.4 Å². The van der Waals surface area contributed by atoms with Gasteiger partial charge in [0, 0.05) is 26.2 Å². The first-order valence-electron chi connectivity index (χ1n) is 9.02. The van der Waals surface area contributed by atoms with Crippen molar-refractivity contribution in [3.05, 3.63) is 43.1 Å². The predicted octanol–water partition coefficient (Wildman–Crippen LogP) is 5.76. The summed E-state index contributed by atoms with van der Waals surface area (Å²) in [4.78, 5) is 21.5. The molecule has 0 spiro atoms. The van der Waals surface area contributed by atoms with Gasteiger partial charge in [-0.3, -0.25) is 4.79 Å². The van der Waals surface area contributed by atoms with Crippen LogP contribution in [-0.4, -0.2) is 47.4 Å². The molecule has 12 heteroatoms. The lowest BCUT2D eigenvalue weighted by Crippen LogP contribution is -2.17. The van der Waals surface area contributed by atoms with Crippen molar-refractivity contribution >= 4 is 58.9 Å². The van der Waals surface area contributed by atoms with E-state index in [2.05, 4.69) is 15.2 Å². The molecule has 2 N–H and O–H groups in total. The van der Waals surface area contributed by atoms with Gasteiger partial charge in [-0.1, -0.05) is 45.2 Å². The van der Waals surface area contributed by atoms with Crippen LogP contribution in [0.4, 0.5) is 0 Å². The van der Waals surface area contributed by atoms with E-state index >= 15 is 0 Å². The Kier molecular flexibility index (Phi) is 10.7. The van der Waals surface area contributed by atoms with Crippen LogP contribution >= 0.6 is 46.7 Å². The number of thioether (sulfide) groups is 2. The minimum absolute atomic E-state index is 0.196. The summed E-state index contributed by atoms with van der Waals surface area (Å²) in [6.45, 7) is 0.608. The predicted molar refractivity (Wildman–Crippen MR) is 121 cm³/mol. The number of aliphatic hydroxyl groups is 1.